The van der Waals surface area contributed by atoms with Crippen LogP contribution < -0.4 is 10.6 Å². The van der Waals surface area contributed by atoms with E-state index < -0.39 is 5.97 Å². The Kier molecular flexibility index (Phi) is 7.12. The molecule has 1 rings (SSSR count). The number of hydrogen-bond acceptors (Lipinski definition) is 2. The molecule has 0 heterocycles. The van der Waals surface area contributed by atoms with E-state index in [1.165, 1.54) is 18.4 Å². The third-order valence-electron chi connectivity index (χ3n) is 3.63. The molecule has 0 bridgehead atoms. The monoisotopic (exact) mass is 282 g/mol. The van der Waals surface area contributed by atoms with E-state index in [9.17, 15) is 9.59 Å². The van der Waals surface area contributed by atoms with Gasteiger partial charge in [-0.2, -0.15) is 0 Å². The Morgan fingerprint density at radius 2 is 2.10 bits per heavy atom. The van der Waals surface area contributed by atoms with Crippen molar-refractivity contribution < 1.29 is 14.7 Å². The largest absolute Gasteiger partial charge is 0.481 e. The molecule has 5 heteroatoms. The zero-order valence-electron chi connectivity index (χ0n) is 12.4. The number of rotatable bonds is 7. The summed E-state index contributed by atoms with van der Waals surface area (Å²) in [6.45, 7) is 4.41. The summed E-state index contributed by atoms with van der Waals surface area (Å²) in [5, 5.41) is 14.4. The summed E-state index contributed by atoms with van der Waals surface area (Å²) < 4.78 is 0. The van der Waals surface area contributed by atoms with Crippen molar-refractivity contribution in [3.05, 3.63) is 11.6 Å². The molecule has 0 aromatic rings. The summed E-state index contributed by atoms with van der Waals surface area (Å²) in [5.41, 5.74) is 1.42. The van der Waals surface area contributed by atoms with Crippen LogP contribution in [-0.4, -0.2) is 29.7 Å². The molecule has 2 amide bonds. The fourth-order valence-corrected chi connectivity index (χ4v) is 2.33. The van der Waals surface area contributed by atoms with Crippen molar-refractivity contribution in [3.8, 4) is 0 Å². The van der Waals surface area contributed by atoms with Crippen molar-refractivity contribution >= 4 is 12.0 Å². The van der Waals surface area contributed by atoms with Crippen molar-refractivity contribution in [2.24, 2.45) is 5.92 Å². The maximum atomic E-state index is 11.7. The lowest BCUT2D eigenvalue weighted by molar-refractivity contribution is -0.137. The lowest BCUT2D eigenvalue weighted by Crippen LogP contribution is -2.45. The second-order valence-corrected chi connectivity index (χ2v) is 5.71. The maximum Gasteiger partial charge on any atom is 0.315 e. The van der Waals surface area contributed by atoms with Crippen LogP contribution in [0, 0.1) is 5.92 Å². The first-order chi connectivity index (χ1) is 9.49. The maximum absolute atomic E-state index is 11.7. The van der Waals surface area contributed by atoms with Gasteiger partial charge >= 0.3 is 12.0 Å². The van der Waals surface area contributed by atoms with E-state index in [0.29, 0.717) is 6.54 Å². The average molecular weight is 282 g/mol. The van der Waals surface area contributed by atoms with Gasteiger partial charge in [0.15, 0.2) is 0 Å². The number of nitrogens with one attached hydrogen (secondary N) is 2. The number of hydrogen-bond donors (Lipinski definition) is 3. The summed E-state index contributed by atoms with van der Waals surface area (Å²) in [4.78, 5) is 22.5. The Morgan fingerprint density at radius 3 is 2.65 bits per heavy atom. The van der Waals surface area contributed by atoms with Gasteiger partial charge in [0.2, 0.25) is 0 Å². The van der Waals surface area contributed by atoms with Crippen molar-refractivity contribution in [2.75, 3.05) is 6.54 Å². The van der Waals surface area contributed by atoms with Crippen LogP contribution in [0.15, 0.2) is 11.6 Å². The van der Waals surface area contributed by atoms with E-state index in [4.69, 9.17) is 5.11 Å². The molecule has 1 aliphatic rings. The van der Waals surface area contributed by atoms with Gasteiger partial charge in [0.05, 0.1) is 6.42 Å². The number of aliphatic carboxylic acids is 1. The second kappa shape index (κ2) is 8.61. The molecule has 0 aromatic heterocycles. The summed E-state index contributed by atoms with van der Waals surface area (Å²) in [6, 6.07) is -0.609. The molecule has 3 N–H and O–H groups in total. The van der Waals surface area contributed by atoms with Gasteiger partial charge < -0.3 is 15.7 Å². The highest BCUT2D eigenvalue weighted by molar-refractivity contribution is 5.75. The van der Waals surface area contributed by atoms with Gasteiger partial charge in [-0.05, 0) is 38.0 Å². The minimum Gasteiger partial charge on any atom is -0.481 e. The quantitative estimate of drug-likeness (QED) is 0.628. The molecule has 1 atom stereocenters. The predicted octanol–water partition coefficient (Wildman–Crippen LogP) is 2.68. The van der Waals surface area contributed by atoms with Crippen LogP contribution in [0.3, 0.4) is 0 Å². The standard InChI is InChI=1S/C15H26N2O3/c1-11(2)13(10-14(18)19)17-15(20)16-9-8-12-6-4-3-5-7-12/h6,11,13H,3-5,7-10H2,1-2H3,(H,18,19)(H2,16,17,20). The van der Waals surface area contributed by atoms with Gasteiger partial charge in [-0.3, -0.25) is 4.79 Å². The molecule has 1 unspecified atom stereocenters. The number of urea groups is 1. The van der Waals surface area contributed by atoms with E-state index in [0.717, 1.165) is 19.3 Å². The smallest absolute Gasteiger partial charge is 0.315 e. The van der Waals surface area contributed by atoms with Crippen LogP contribution in [0.5, 0.6) is 0 Å². The Labute approximate surface area is 120 Å². The highest BCUT2D eigenvalue weighted by Crippen LogP contribution is 2.19. The van der Waals surface area contributed by atoms with Crippen molar-refractivity contribution in [1.82, 2.24) is 10.6 Å². The van der Waals surface area contributed by atoms with Crippen LogP contribution >= 0.6 is 0 Å². The first-order valence-electron chi connectivity index (χ1n) is 7.43. The number of carbonyl (C=O) groups is 2. The van der Waals surface area contributed by atoms with Crippen LogP contribution in [0.1, 0.15) is 52.4 Å². The third kappa shape index (κ3) is 6.59. The first kappa shape index (κ1) is 16.5. The van der Waals surface area contributed by atoms with Crippen LogP contribution in [0.2, 0.25) is 0 Å². The van der Waals surface area contributed by atoms with Gasteiger partial charge in [-0.25, -0.2) is 4.79 Å². The molecule has 0 radical (unpaired) electrons. The molecule has 20 heavy (non-hydrogen) atoms. The SMILES string of the molecule is CC(C)C(CC(=O)O)NC(=O)NCCC1=CCCCC1. The summed E-state index contributed by atoms with van der Waals surface area (Å²) in [6.07, 6.45) is 7.90. The Morgan fingerprint density at radius 1 is 1.35 bits per heavy atom. The first-order valence-corrected chi connectivity index (χ1v) is 7.43. The van der Waals surface area contributed by atoms with Crippen LogP contribution in [-0.2, 0) is 4.79 Å². The fraction of sp³-hybridized carbons (Fsp3) is 0.733. The topological polar surface area (TPSA) is 78.4 Å². The lowest BCUT2D eigenvalue weighted by Gasteiger charge is -2.21. The number of carboxylic acid groups (broad SMARTS) is 1. The van der Waals surface area contributed by atoms with Crippen molar-refractivity contribution in [2.45, 2.75) is 58.4 Å². The molecule has 5 nitrogen and oxygen atoms in total. The van der Waals surface area contributed by atoms with Crippen LogP contribution in [0.25, 0.3) is 0 Å². The zero-order valence-corrected chi connectivity index (χ0v) is 12.4. The molecule has 0 aromatic carbocycles. The van der Waals surface area contributed by atoms with Gasteiger partial charge in [0.25, 0.3) is 0 Å². The second-order valence-electron chi connectivity index (χ2n) is 5.71. The van der Waals surface area contributed by atoms with E-state index in [-0.39, 0.29) is 24.4 Å². The predicted molar refractivity (Wildman–Crippen MR) is 78.6 cm³/mol. The number of carboxylic acids is 1. The molecular formula is C15H26N2O3. The molecule has 0 fully saturated rings. The Balaban J connectivity index is 2.27. The van der Waals surface area contributed by atoms with Crippen molar-refractivity contribution in [1.29, 1.82) is 0 Å². The molecule has 0 saturated heterocycles. The highest BCUT2D eigenvalue weighted by atomic mass is 16.4. The zero-order chi connectivity index (χ0) is 15.0. The van der Waals surface area contributed by atoms with Gasteiger partial charge in [-0.15, -0.1) is 0 Å². The van der Waals surface area contributed by atoms with E-state index in [1.807, 2.05) is 13.8 Å². The molecular weight excluding hydrogens is 256 g/mol. The van der Waals surface area contributed by atoms with Gasteiger partial charge in [-0.1, -0.05) is 25.5 Å². The Hall–Kier alpha value is -1.52. The normalized spacial score (nSPS) is 16.4. The molecule has 114 valence electrons. The van der Waals surface area contributed by atoms with E-state index in [1.54, 1.807) is 0 Å². The summed E-state index contributed by atoms with van der Waals surface area (Å²) in [7, 11) is 0. The van der Waals surface area contributed by atoms with Crippen molar-refractivity contribution in [3.63, 3.8) is 0 Å². The van der Waals surface area contributed by atoms with E-state index in [2.05, 4.69) is 16.7 Å². The molecule has 1 aliphatic carbocycles. The third-order valence-corrected chi connectivity index (χ3v) is 3.63. The molecule has 0 saturated carbocycles. The molecule has 0 spiro atoms. The summed E-state index contributed by atoms with van der Waals surface area (Å²) >= 11 is 0. The van der Waals surface area contributed by atoms with Crippen LogP contribution in [0.4, 0.5) is 4.79 Å². The minimum absolute atomic E-state index is 0.0454. The minimum atomic E-state index is -0.892. The number of allylic oxidation sites excluding steroid dienone is 1. The summed E-state index contributed by atoms with van der Waals surface area (Å²) in [5.74, 6) is -0.797. The highest BCUT2D eigenvalue weighted by Gasteiger charge is 2.19. The number of amides is 2. The molecule has 0 aliphatic heterocycles. The average Bonchev–Trinajstić information content (AvgIpc) is 2.38. The van der Waals surface area contributed by atoms with Gasteiger partial charge in [0, 0.05) is 12.6 Å². The Bertz CT molecular complexity index is 364. The van der Waals surface area contributed by atoms with Gasteiger partial charge in [0.1, 0.15) is 0 Å². The number of carbonyl (C=O) groups excluding carboxylic acids is 1. The lowest BCUT2D eigenvalue weighted by atomic mass is 9.97. The fourth-order valence-electron chi connectivity index (χ4n) is 2.33. The van der Waals surface area contributed by atoms with E-state index >= 15 is 0 Å².